The third kappa shape index (κ3) is 10.7. The molecule has 0 aromatic carbocycles. The Morgan fingerprint density at radius 3 is 2.46 bits per heavy atom. The first-order chi connectivity index (χ1) is 5.33. The van der Waals surface area contributed by atoms with Gasteiger partial charge in [-0.2, -0.15) is 21.0 Å². The van der Waals surface area contributed by atoms with E-state index in [4.69, 9.17) is 4.55 Å². The van der Waals surface area contributed by atoms with Crippen LogP contribution in [0.25, 0.3) is 0 Å². The van der Waals surface area contributed by atoms with E-state index in [0.717, 1.165) is 0 Å². The van der Waals surface area contributed by atoms with Crippen LogP contribution in [0.15, 0.2) is 0 Å². The van der Waals surface area contributed by atoms with Crippen molar-refractivity contribution in [3.8, 4) is 0 Å². The fraction of sp³-hybridized carbons (Fsp3) is 0.800. The maximum Gasteiger partial charge on any atom is 1.00 e. The smallest absolute Gasteiger partial charge is 1.00 e. The molecule has 0 rings (SSSR count). The number of esters is 1. The Morgan fingerprint density at radius 2 is 2.15 bits per heavy atom. The first-order valence-corrected chi connectivity index (χ1v) is 5.25. The first-order valence-electron chi connectivity index (χ1n) is 3.13. The average Bonchev–Trinajstić information content (AvgIpc) is 1.84. The molecule has 1 N–H and O–H groups in total. The van der Waals surface area contributed by atoms with Crippen molar-refractivity contribution < 1.29 is 53.5 Å². The van der Waals surface area contributed by atoms with Gasteiger partial charge in [0, 0.05) is 0 Å². The molecule has 1 unspecified atom stereocenters. The third-order valence-corrected chi connectivity index (χ3v) is 1.82. The van der Waals surface area contributed by atoms with E-state index in [1.54, 1.807) is 0 Å². The summed E-state index contributed by atoms with van der Waals surface area (Å²) in [6.45, 7) is 1.15. The van der Waals surface area contributed by atoms with E-state index in [-0.39, 0.29) is 37.6 Å². The van der Waals surface area contributed by atoms with Crippen LogP contribution in [0, 0.1) is 0 Å². The normalized spacial score (nSPS) is 12.8. The number of carbonyl (C=O) groups excluding carboxylic acids is 1. The first kappa shape index (κ1) is 16.2. The van der Waals surface area contributed by atoms with Crippen LogP contribution in [0.1, 0.15) is 8.35 Å². The van der Waals surface area contributed by atoms with Gasteiger partial charge in [-0.15, -0.1) is 0 Å². The molecule has 0 aliphatic heterocycles. The Bertz CT molecular complexity index is 253. The van der Waals surface area contributed by atoms with Crippen molar-refractivity contribution in [2.75, 3.05) is 12.4 Å². The van der Waals surface area contributed by atoms with E-state index in [0.29, 0.717) is 0 Å². The minimum Gasteiger partial charge on any atom is -1.00 e. The van der Waals surface area contributed by atoms with Crippen LogP contribution in [0.2, 0.25) is 0 Å². The predicted octanol–water partition coefficient (Wildman–Crippen LogP) is -3.15. The summed E-state index contributed by atoms with van der Waals surface area (Å²) in [5.41, 5.74) is 0. The number of hydrogen-bond donors (Lipinski definition) is 2. The van der Waals surface area contributed by atoms with Crippen molar-refractivity contribution in [1.29, 1.82) is 0 Å². The molecule has 0 heterocycles. The van der Waals surface area contributed by atoms with Crippen LogP contribution in [0.3, 0.4) is 0 Å². The number of rotatable bonds is 4. The van der Waals surface area contributed by atoms with Gasteiger partial charge in [0.05, 0.1) is 5.25 Å². The van der Waals surface area contributed by atoms with Crippen LogP contribution in [0.4, 0.5) is 0 Å². The Balaban J connectivity index is -0.000000605. The standard InChI is InChI=1S/C5H10O5S2.Na.H/c1-4(11)5(6)10-2-3-12(7,8)9;;/h4,11H,2-3H2,1H3,(H,7,8,9);;/q;+1;-1. The summed E-state index contributed by atoms with van der Waals surface area (Å²) < 4.78 is 32.9. The summed E-state index contributed by atoms with van der Waals surface area (Å²) in [4.78, 5) is 10.7. The van der Waals surface area contributed by atoms with Crippen molar-refractivity contribution >= 4 is 28.7 Å². The molecular weight excluding hydrogens is 227 g/mol. The SMILES string of the molecule is CC(S)C(=O)OCCS(=O)(=O)O.[H-].[Na+]. The van der Waals surface area contributed by atoms with Gasteiger partial charge < -0.3 is 6.16 Å². The molecule has 0 aromatic heterocycles. The van der Waals surface area contributed by atoms with Crippen LogP contribution in [-0.2, 0) is 19.6 Å². The Hall–Kier alpha value is 0.730. The second kappa shape index (κ2) is 7.08. The topological polar surface area (TPSA) is 80.7 Å². The fourth-order valence-corrected chi connectivity index (χ4v) is 0.737. The zero-order chi connectivity index (χ0) is 9.78. The zero-order valence-electron chi connectivity index (χ0n) is 8.43. The van der Waals surface area contributed by atoms with Crippen molar-refractivity contribution in [3.05, 3.63) is 0 Å². The number of thiol groups is 1. The van der Waals surface area contributed by atoms with E-state index >= 15 is 0 Å². The summed E-state index contributed by atoms with van der Waals surface area (Å²) in [5, 5.41) is -0.591. The van der Waals surface area contributed by atoms with Crippen LogP contribution in [-0.4, -0.2) is 36.5 Å². The third-order valence-electron chi connectivity index (χ3n) is 0.927. The summed E-state index contributed by atoms with van der Waals surface area (Å²) >= 11 is 3.75. The quantitative estimate of drug-likeness (QED) is 0.234. The van der Waals surface area contributed by atoms with E-state index < -0.39 is 27.1 Å². The number of ether oxygens (including phenoxy) is 1. The molecule has 13 heavy (non-hydrogen) atoms. The molecule has 74 valence electrons. The summed E-state index contributed by atoms with van der Waals surface area (Å²) in [5.74, 6) is -1.19. The molecule has 1 atom stereocenters. The number of carbonyl (C=O) groups is 1. The average molecular weight is 238 g/mol. The molecule has 0 bridgehead atoms. The molecule has 0 radical (unpaired) electrons. The molecule has 8 heteroatoms. The van der Waals surface area contributed by atoms with Crippen LogP contribution >= 0.6 is 12.6 Å². The molecule has 0 aliphatic rings. The maximum atomic E-state index is 10.7. The molecular formula is C5H11NaO5S2. The maximum absolute atomic E-state index is 10.7. The molecule has 0 aliphatic carbocycles. The molecule has 0 aromatic rings. The molecule has 0 amide bonds. The van der Waals surface area contributed by atoms with E-state index in [1.807, 2.05) is 0 Å². The summed E-state index contributed by atoms with van der Waals surface area (Å²) in [6.07, 6.45) is 0. The van der Waals surface area contributed by atoms with Gasteiger partial charge in [0.25, 0.3) is 10.1 Å². The van der Waals surface area contributed by atoms with Crippen LogP contribution < -0.4 is 29.6 Å². The Labute approximate surface area is 106 Å². The van der Waals surface area contributed by atoms with Crippen molar-refractivity contribution in [1.82, 2.24) is 0 Å². The van der Waals surface area contributed by atoms with Crippen molar-refractivity contribution in [2.24, 2.45) is 0 Å². The van der Waals surface area contributed by atoms with Crippen LogP contribution in [0.5, 0.6) is 0 Å². The second-order valence-electron chi connectivity index (χ2n) is 2.13. The minimum absolute atomic E-state index is 0. The molecule has 5 nitrogen and oxygen atoms in total. The zero-order valence-corrected chi connectivity index (χ0v) is 11.1. The predicted molar refractivity (Wildman–Crippen MR) is 46.9 cm³/mol. The Kier molecular flexibility index (Phi) is 8.81. The van der Waals surface area contributed by atoms with Gasteiger partial charge in [-0.1, -0.05) is 0 Å². The largest absolute Gasteiger partial charge is 1.00 e. The van der Waals surface area contributed by atoms with Gasteiger partial charge in [-0.3, -0.25) is 9.35 Å². The minimum atomic E-state index is -4.05. The van der Waals surface area contributed by atoms with Gasteiger partial charge in [-0.05, 0) is 6.92 Å². The van der Waals surface area contributed by atoms with Crippen molar-refractivity contribution in [3.63, 3.8) is 0 Å². The molecule has 0 saturated carbocycles. The fourth-order valence-electron chi connectivity index (χ4n) is 0.368. The van der Waals surface area contributed by atoms with E-state index in [2.05, 4.69) is 17.4 Å². The molecule has 0 saturated heterocycles. The van der Waals surface area contributed by atoms with Gasteiger partial charge in [0.15, 0.2) is 0 Å². The summed E-state index contributed by atoms with van der Waals surface area (Å²) in [6, 6.07) is 0. The molecule has 0 spiro atoms. The van der Waals surface area contributed by atoms with Gasteiger partial charge in [0.2, 0.25) is 0 Å². The van der Waals surface area contributed by atoms with Gasteiger partial charge >= 0.3 is 35.5 Å². The van der Waals surface area contributed by atoms with Gasteiger partial charge in [0.1, 0.15) is 12.4 Å². The van der Waals surface area contributed by atoms with Gasteiger partial charge in [-0.25, -0.2) is 0 Å². The number of hydrogen-bond acceptors (Lipinski definition) is 5. The van der Waals surface area contributed by atoms with Crippen molar-refractivity contribution in [2.45, 2.75) is 12.2 Å². The Morgan fingerprint density at radius 1 is 1.69 bits per heavy atom. The van der Waals surface area contributed by atoms with E-state index in [1.165, 1.54) is 6.92 Å². The monoisotopic (exact) mass is 238 g/mol. The second-order valence-corrected chi connectivity index (χ2v) is 4.48. The summed E-state index contributed by atoms with van der Waals surface area (Å²) in [7, 11) is -4.05. The molecule has 0 fully saturated rings. The van der Waals surface area contributed by atoms with E-state index in [9.17, 15) is 13.2 Å².